The number of aliphatic hydroxyl groups is 3. The van der Waals surface area contributed by atoms with Gasteiger partial charge in [0.25, 0.3) is 0 Å². The average Bonchev–Trinajstić information content (AvgIpc) is 1.33. The number of carbonyl (C=O) groups excluding carboxylic acids is 11. The molecule has 2 heterocycles. The van der Waals surface area contributed by atoms with Crippen molar-refractivity contribution in [3.8, 4) is 22.6 Å². The van der Waals surface area contributed by atoms with Crippen LogP contribution in [0.3, 0.4) is 0 Å². The number of unbranched alkanes of at least 4 members (excludes halogenated alkanes) is 1. The van der Waals surface area contributed by atoms with Gasteiger partial charge in [0.2, 0.25) is 35.4 Å². The Morgan fingerprint density at radius 1 is 0.673 bits per heavy atom. The first-order chi connectivity index (χ1) is 52.3. The van der Waals surface area contributed by atoms with Gasteiger partial charge in [-0.15, -0.1) is 10.2 Å². The molecule has 10 atom stereocenters. The van der Waals surface area contributed by atoms with E-state index in [1.165, 1.54) is 52.2 Å². The number of aliphatic carboxylic acids is 1. The molecule has 0 aliphatic rings. The number of aromatic amines is 2. The zero-order chi connectivity index (χ0) is 80.8. The molecule has 0 radical (unpaired) electrons. The van der Waals surface area contributed by atoms with Crippen molar-refractivity contribution >= 4 is 70.3 Å². The van der Waals surface area contributed by atoms with Gasteiger partial charge in [0.05, 0.1) is 74.7 Å². The Labute approximate surface area is 636 Å². The smallest absolute Gasteiger partial charge is 0.305 e. The minimum absolute atomic E-state index is 0.0111. The van der Waals surface area contributed by atoms with E-state index in [4.69, 9.17) is 15.2 Å². The fourth-order valence-corrected chi connectivity index (χ4v) is 12.3. The lowest BCUT2D eigenvalue weighted by Crippen LogP contribution is -2.55. The van der Waals surface area contributed by atoms with Crippen LogP contribution in [0.2, 0.25) is 0 Å². The van der Waals surface area contributed by atoms with Gasteiger partial charge >= 0.3 is 5.97 Å². The number of aliphatic hydroxyl groups excluding tert-OH is 3. The molecule has 6 aromatic rings. The number of nitrogens with one attached hydrogen (secondary N) is 8. The van der Waals surface area contributed by atoms with Crippen LogP contribution in [0.15, 0.2) is 104 Å². The van der Waals surface area contributed by atoms with Gasteiger partial charge in [-0.3, -0.25) is 57.5 Å². The van der Waals surface area contributed by atoms with Gasteiger partial charge in [-0.1, -0.05) is 79.7 Å². The molecule has 32 heteroatoms. The maximum atomic E-state index is 15.6. The third-order valence-corrected chi connectivity index (χ3v) is 19.0. The fourth-order valence-electron chi connectivity index (χ4n) is 12.3. The van der Waals surface area contributed by atoms with E-state index in [-0.39, 0.29) is 37.2 Å². The topological polar surface area (TPSA) is 486 Å². The summed E-state index contributed by atoms with van der Waals surface area (Å²) in [7, 11) is 1.57. The largest absolute Gasteiger partial charge is 0.497 e. The number of amides is 6. The number of aryl methyl sites for hydroxylation is 2. The second-order valence-electron chi connectivity index (χ2n) is 28.2. The van der Waals surface area contributed by atoms with Crippen molar-refractivity contribution in [2.45, 2.75) is 187 Å². The van der Waals surface area contributed by atoms with Crippen LogP contribution in [0, 0.1) is 28.5 Å². The highest BCUT2D eigenvalue weighted by atomic mass is 19.1. The summed E-state index contributed by atoms with van der Waals surface area (Å²) in [5.74, 6) is -14.0. The summed E-state index contributed by atoms with van der Waals surface area (Å²) in [5.41, 5.74) is 6.55. The predicted molar refractivity (Wildman–Crippen MR) is 398 cm³/mol. The first-order valence-corrected chi connectivity index (χ1v) is 36.5. The van der Waals surface area contributed by atoms with E-state index in [2.05, 4.69) is 62.5 Å². The number of H-pyrrole nitrogens is 2. The quantitative estimate of drug-likeness (QED) is 0.0193. The van der Waals surface area contributed by atoms with Crippen molar-refractivity contribution in [3.05, 3.63) is 143 Å². The molecular weight excluding hydrogens is 1430 g/mol. The highest BCUT2D eigenvalue weighted by Gasteiger charge is 2.44. The Kier molecular flexibility index (Phi) is 34.3. The van der Waals surface area contributed by atoms with E-state index in [9.17, 15) is 78.0 Å². The SMILES string of the molecule is CCc1cc(OC)ccc1-c1ccc(C[C@H](CC(=O)[C@H](CC(=O)O)NC(=O)[C@H](CO)CC(=O)[C@@H](NC(=O)[C@@](C)(CC(=O)[C@@H](NC(=O)CCC(=O)[C@H](Cc2nn[nH]n2)NC(=O)C(C)(C)C(=O)NCCc2cnc[nH]2)[C@@H](C)O)Cc2ccccc2F)[C@@H](C)O)C(=O)N[C@@H](CCc2cccc(OCCCCN)c2)C(C)=O)cc1. The van der Waals surface area contributed by atoms with E-state index in [1.54, 1.807) is 37.6 Å². The second-order valence-corrected chi connectivity index (χ2v) is 28.2. The van der Waals surface area contributed by atoms with Crippen LogP contribution in [0.1, 0.15) is 140 Å². The average molecular weight is 1530 g/mol. The molecule has 4 aromatic carbocycles. The minimum atomic E-state index is -2.10. The first-order valence-electron chi connectivity index (χ1n) is 36.5. The number of imidazole rings is 1. The van der Waals surface area contributed by atoms with Crippen molar-refractivity contribution in [3.63, 3.8) is 0 Å². The number of methoxy groups -OCH3 is 1. The molecule has 0 bridgehead atoms. The van der Waals surface area contributed by atoms with E-state index in [0.717, 1.165) is 60.7 Å². The third kappa shape index (κ3) is 26.8. The maximum absolute atomic E-state index is 15.6. The van der Waals surface area contributed by atoms with Gasteiger partial charge in [0, 0.05) is 69.3 Å². The maximum Gasteiger partial charge on any atom is 0.305 e. The lowest BCUT2D eigenvalue weighted by Gasteiger charge is -2.33. The van der Waals surface area contributed by atoms with E-state index in [0.29, 0.717) is 49.5 Å². The lowest BCUT2D eigenvalue weighted by molar-refractivity contribution is -0.143. The summed E-state index contributed by atoms with van der Waals surface area (Å²) in [6.45, 7) is 9.42. The van der Waals surface area contributed by atoms with Gasteiger partial charge in [-0.2, -0.15) is 5.21 Å². The van der Waals surface area contributed by atoms with Gasteiger partial charge in [0.1, 0.15) is 34.8 Å². The molecule has 110 heavy (non-hydrogen) atoms. The number of benzene rings is 4. The number of halogens is 1. The molecule has 594 valence electrons. The van der Waals surface area contributed by atoms with Crippen molar-refractivity contribution in [1.82, 2.24) is 62.5 Å². The Hall–Kier alpha value is -10.8. The Morgan fingerprint density at radius 2 is 1.36 bits per heavy atom. The summed E-state index contributed by atoms with van der Waals surface area (Å²) in [6.07, 6.45) is -3.25. The Morgan fingerprint density at radius 3 is 1.99 bits per heavy atom. The van der Waals surface area contributed by atoms with Crippen molar-refractivity contribution in [2.75, 3.05) is 33.4 Å². The molecule has 6 rings (SSSR count). The number of nitrogens with two attached hydrogens (primary N) is 1. The van der Waals surface area contributed by atoms with Crippen LogP contribution in [0.25, 0.3) is 11.1 Å². The number of carboxylic acid groups (broad SMARTS) is 1. The van der Waals surface area contributed by atoms with E-state index in [1.807, 2.05) is 49.4 Å². The van der Waals surface area contributed by atoms with Crippen LogP contribution < -0.4 is 47.1 Å². The number of hydrogen-bond donors (Lipinski definition) is 13. The molecule has 0 fully saturated rings. The Balaban J connectivity index is 1.17. The van der Waals surface area contributed by atoms with Crippen molar-refractivity contribution in [1.29, 1.82) is 0 Å². The molecule has 0 aliphatic carbocycles. The zero-order valence-electron chi connectivity index (χ0n) is 63.2. The number of tetrazole rings is 1. The van der Waals surface area contributed by atoms with Crippen LogP contribution in [-0.2, 0) is 96.1 Å². The highest BCUT2D eigenvalue weighted by Crippen LogP contribution is 2.33. The first kappa shape index (κ1) is 88.1. The zero-order valence-corrected chi connectivity index (χ0v) is 63.2. The third-order valence-electron chi connectivity index (χ3n) is 19.0. The number of carbonyl (C=O) groups is 12. The molecule has 0 aliphatic heterocycles. The summed E-state index contributed by atoms with van der Waals surface area (Å²) in [4.78, 5) is 174. The summed E-state index contributed by atoms with van der Waals surface area (Å²) < 4.78 is 26.9. The van der Waals surface area contributed by atoms with Gasteiger partial charge in [0.15, 0.2) is 34.7 Å². The van der Waals surface area contributed by atoms with Gasteiger partial charge < -0.3 is 72.5 Å². The Bertz CT molecular complexity index is 4120. The van der Waals surface area contributed by atoms with E-state index >= 15 is 4.39 Å². The number of Topliss-reactive ketones (excluding diaryl/α,β-unsaturated/α-hetero) is 5. The molecule has 0 saturated carbocycles. The highest BCUT2D eigenvalue weighted by molar-refractivity contribution is 6.06. The molecule has 2 aromatic heterocycles. The summed E-state index contributed by atoms with van der Waals surface area (Å²) >= 11 is 0. The number of ether oxygens (including phenoxy) is 2. The minimum Gasteiger partial charge on any atom is -0.497 e. The van der Waals surface area contributed by atoms with Crippen molar-refractivity contribution < 1.29 is 91.8 Å². The molecular formula is C78H102FN13O18. The second kappa shape index (κ2) is 42.8. The predicted octanol–water partition coefficient (Wildman–Crippen LogP) is 3.17. The molecule has 31 nitrogen and oxygen atoms in total. The fraction of sp³-hybridized carbons (Fsp3) is 0.487. The molecule has 0 unspecified atom stereocenters. The van der Waals surface area contributed by atoms with Gasteiger partial charge in [-0.25, -0.2) is 9.37 Å². The number of rotatable bonds is 49. The monoisotopic (exact) mass is 1530 g/mol. The van der Waals surface area contributed by atoms with Crippen molar-refractivity contribution in [2.24, 2.45) is 28.4 Å². The number of ketones is 5. The van der Waals surface area contributed by atoms with Crippen LogP contribution >= 0.6 is 0 Å². The number of hydrogen-bond acceptors (Lipinski definition) is 22. The van der Waals surface area contributed by atoms with Crippen LogP contribution in [0.5, 0.6) is 11.5 Å². The lowest BCUT2D eigenvalue weighted by atomic mass is 9.76. The molecule has 0 spiro atoms. The molecule has 14 N–H and O–H groups in total. The molecule has 6 amide bonds. The standard InChI is InChI=1S/C78H102FN13O18/c1-9-50-35-56(109-8)24-25-58(50)51-22-19-49(20-23-51)33-53(72(104)84-60(45(2)94)26-21-48-15-14-17-57(34-48)110-32-13-12-30-80)36-64(98)62(39-69(102)103)85-73(105)54(43-93)37-65(99)70(46(3)95)88-76(108)78(7,40-52-16-10-11-18-59(52)79)41-66(100)71(47(4)96)87-68(101)28-27-63(97)61(38-67-89-91-92-90-67)86-75(107)77(5,6)74(106)82-31-29-55-42-81-44-83-55/h10-11,14-20,22-25,34-35,42,44,46-47,53-54,60-62,70-71,93,95-96H,9,12-13,21,26-33,36-41,43,80H2,1-8H3,(H,81,83)(H,82,106)(H,84,104)(H,85,105)(H,86,107)(H,87,101)(H,88,108)(H,102,103)(H,89,90,91,92)/t46-,47-,53-,54+,60+,61+,62+,70+,71+,78-/m1/s1. The normalized spacial score (nSPS) is 14.4. The number of aromatic nitrogens is 6. The molecule has 0 saturated heterocycles. The van der Waals surface area contributed by atoms with Crippen LogP contribution in [0.4, 0.5) is 4.39 Å². The number of carboxylic acids is 1. The van der Waals surface area contributed by atoms with Gasteiger partial charge in [-0.05, 0) is 150 Å². The van der Waals surface area contributed by atoms with Crippen LogP contribution in [-0.4, -0.2) is 197 Å². The van der Waals surface area contributed by atoms with E-state index < -0.39 is 193 Å². The summed E-state index contributed by atoms with van der Waals surface area (Å²) in [6, 6.07) is 17.2. The summed E-state index contributed by atoms with van der Waals surface area (Å²) in [5, 5.41) is 71.6. The number of nitrogens with zero attached hydrogens (tertiary/aromatic N) is 4.